The number of rotatable bonds is 3. The van der Waals surface area contributed by atoms with Crippen LogP contribution >= 0.6 is 11.8 Å². The molecule has 1 rings (SSSR count). The summed E-state index contributed by atoms with van der Waals surface area (Å²) in [4.78, 5) is 10.2. The van der Waals surface area contributed by atoms with Crippen LogP contribution in [0.2, 0.25) is 0 Å². The van der Waals surface area contributed by atoms with E-state index in [0.29, 0.717) is 11.8 Å². The molecule has 0 fully saturated rings. The van der Waals surface area contributed by atoms with Gasteiger partial charge in [-0.3, -0.25) is 4.79 Å². The van der Waals surface area contributed by atoms with Gasteiger partial charge in [-0.15, -0.1) is 11.8 Å². The number of carbonyl (C=O) groups excluding carboxylic acids is 1. The van der Waals surface area contributed by atoms with Gasteiger partial charge in [0.25, 0.3) is 0 Å². The zero-order valence-electron chi connectivity index (χ0n) is 7.09. The molecule has 0 aliphatic carbocycles. The molecule has 0 aliphatic rings. The highest BCUT2D eigenvalue weighted by Crippen LogP contribution is 2.26. The van der Waals surface area contributed by atoms with E-state index in [0.717, 1.165) is 12.1 Å². The number of primary amides is 1. The lowest BCUT2D eigenvalue weighted by Gasteiger charge is -2.03. The second-order valence-corrected chi connectivity index (χ2v) is 3.55. The van der Waals surface area contributed by atoms with Crippen molar-refractivity contribution in [2.24, 2.45) is 5.73 Å². The predicted octanol–water partition coefficient (Wildman–Crippen LogP) is 1.12. The fourth-order valence-electron chi connectivity index (χ4n) is 0.861. The third kappa shape index (κ3) is 2.59. The van der Waals surface area contributed by atoms with Gasteiger partial charge in [0.1, 0.15) is 11.6 Å². The lowest BCUT2D eigenvalue weighted by Crippen LogP contribution is -2.13. The molecule has 0 heterocycles. The van der Waals surface area contributed by atoms with Crippen LogP contribution < -0.4 is 11.5 Å². The number of anilines is 1. The number of hydrogen-bond acceptors (Lipinski definition) is 3. The summed E-state index contributed by atoms with van der Waals surface area (Å²) in [6.07, 6.45) is 0. The lowest BCUT2D eigenvalue weighted by atomic mass is 10.3. The smallest absolute Gasteiger partial charge is 0.227 e. The normalized spacial score (nSPS) is 10.1. The highest BCUT2D eigenvalue weighted by molar-refractivity contribution is 8.00. The van der Waals surface area contributed by atoms with Crippen LogP contribution in [0.1, 0.15) is 0 Å². The topological polar surface area (TPSA) is 69.1 Å². The van der Waals surface area contributed by atoms with Crippen molar-refractivity contribution in [2.75, 3.05) is 11.5 Å². The summed E-state index contributed by atoms with van der Waals surface area (Å²) in [7, 11) is 0. The Labute approximate surface area is 83.5 Å². The number of carbonyl (C=O) groups is 1. The number of nitrogen functional groups attached to an aromatic ring is 1. The first-order valence-corrected chi connectivity index (χ1v) is 4.65. The van der Waals surface area contributed by atoms with Crippen molar-refractivity contribution >= 4 is 23.4 Å². The van der Waals surface area contributed by atoms with Gasteiger partial charge in [-0.25, -0.2) is 8.78 Å². The molecule has 1 aromatic rings. The van der Waals surface area contributed by atoms with E-state index in [4.69, 9.17) is 11.5 Å². The maximum Gasteiger partial charge on any atom is 0.227 e. The molecule has 3 nitrogen and oxygen atoms in total. The fourth-order valence-corrected chi connectivity index (χ4v) is 1.54. The van der Waals surface area contributed by atoms with Crippen LogP contribution in [0, 0.1) is 11.6 Å². The third-order valence-electron chi connectivity index (χ3n) is 1.38. The Morgan fingerprint density at radius 2 is 1.86 bits per heavy atom. The summed E-state index contributed by atoms with van der Waals surface area (Å²) < 4.78 is 26.1. The maximum atomic E-state index is 13.1. The average molecular weight is 218 g/mol. The van der Waals surface area contributed by atoms with E-state index in [1.165, 1.54) is 0 Å². The minimum Gasteiger partial charge on any atom is -0.399 e. The number of nitrogens with two attached hydrogens (primary N) is 2. The molecule has 4 N–H and O–H groups in total. The molecular weight excluding hydrogens is 210 g/mol. The Balaban J connectivity index is 2.91. The lowest BCUT2D eigenvalue weighted by molar-refractivity contribution is -0.115. The first kappa shape index (κ1) is 10.8. The number of hydrogen-bond donors (Lipinski definition) is 2. The SMILES string of the molecule is NC(=O)CSc1c(F)cc(N)cc1F. The predicted molar refractivity (Wildman–Crippen MR) is 50.7 cm³/mol. The van der Waals surface area contributed by atoms with E-state index in [9.17, 15) is 13.6 Å². The van der Waals surface area contributed by atoms with Gasteiger partial charge in [-0.05, 0) is 12.1 Å². The Bertz CT molecular complexity index is 347. The largest absolute Gasteiger partial charge is 0.399 e. The van der Waals surface area contributed by atoms with Crippen molar-refractivity contribution < 1.29 is 13.6 Å². The molecule has 0 unspecified atom stereocenters. The monoisotopic (exact) mass is 218 g/mol. The van der Waals surface area contributed by atoms with E-state index in [2.05, 4.69) is 0 Å². The number of amides is 1. The minimum atomic E-state index is -0.784. The van der Waals surface area contributed by atoms with E-state index in [1.807, 2.05) is 0 Å². The molecule has 1 aromatic carbocycles. The summed E-state index contributed by atoms with van der Waals surface area (Å²) in [5, 5.41) is 0. The standard InChI is InChI=1S/C8H8F2N2OS/c9-5-1-4(11)2-6(10)8(5)14-3-7(12)13/h1-2H,3,11H2,(H2,12,13). The van der Waals surface area contributed by atoms with E-state index >= 15 is 0 Å². The summed E-state index contributed by atoms with van der Waals surface area (Å²) in [6.45, 7) is 0. The zero-order valence-corrected chi connectivity index (χ0v) is 7.91. The second-order valence-electron chi connectivity index (χ2n) is 2.57. The molecule has 0 bridgehead atoms. The van der Waals surface area contributed by atoms with Crippen molar-refractivity contribution in [1.82, 2.24) is 0 Å². The van der Waals surface area contributed by atoms with E-state index < -0.39 is 17.5 Å². The van der Waals surface area contributed by atoms with Gasteiger partial charge in [0.05, 0.1) is 10.6 Å². The van der Waals surface area contributed by atoms with Crippen LogP contribution in [-0.2, 0) is 4.79 Å². The fraction of sp³-hybridized carbons (Fsp3) is 0.125. The van der Waals surface area contributed by atoms with Crippen molar-refractivity contribution in [2.45, 2.75) is 4.90 Å². The van der Waals surface area contributed by atoms with Crippen molar-refractivity contribution in [1.29, 1.82) is 0 Å². The second kappa shape index (κ2) is 4.28. The highest BCUT2D eigenvalue weighted by atomic mass is 32.2. The van der Waals surface area contributed by atoms with Crippen LogP contribution in [0.5, 0.6) is 0 Å². The highest BCUT2D eigenvalue weighted by Gasteiger charge is 2.11. The molecule has 0 spiro atoms. The molecule has 0 aliphatic heterocycles. The van der Waals surface area contributed by atoms with Gasteiger partial charge >= 0.3 is 0 Å². The zero-order chi connectivity index (χ0) is 10.7. The summed E-state index contributed by atoms with van der Waals surface area (Å²) in [5.74, 6) is -2.37. The van der Waals surface area contributed by atoms with Crippen LogP contribution in [0.4, 0.5) is 14.5 Å². The molecule has 0 atom stereocenters. The molecular formula is C8H8F2N2OS. The summed E-state index contributed by atoms with van der Waals surface area (Å²) in [6, 6.07) is 1.98. The van der Waals surface area contributed by atoms with Crippen LogP contribution in [0.25, 0.3) is 0 Å². The quantitative estimate of drug-likeness (QED) is 0.590. The van der Waals surface area contributed by atoms with E-state index in [1.54, 1.807) is 0 Å². The molecule has 76 valence electrons. The van der Waals surface area contributed by atoms with Gasteiger partial charge < -0.3 is 11.5 Å². The number of benzene rings is 1. The third-order valence-corrected chi connectivity index (χ3v) is 2.49. The van der Waals surface area contributed by atoms with Crippen LogP contribution in [0.15, 0.2) is 17.0 Å². The molecule has 6 heteroatoms. The Hall–Kier alpha value is -1.30. The maximum absolute atomic E-state index is 13.1. The Morgan fingerprint density at radius 3 is 2.29 bits per heavy atom. The van der Waals surface area contributed by atoms with Crippen molar-refractivity contribution in [3.05, 3.63) is 23.8 Å². The van der Waals surface area contributed by atoms with Crippen molar-refractivity contribution in [3.8, 4) is 0 Å². The summed E-state index contributed by atoms with van der Waals surface area (Å²) >= 11 is 0.710. The first-order valence-electron chi connectivity index (χ1n) is 3.66. The van der Waals surface area contributed by atoms with Gasteiger partial charge in [0.15, 0.2) is 0 Å². The van der Waals surface area contributed by atoms with Crippen LogP contribution in [-0.4, -0.2) is 11.7 Å². The number of thioether (sulfide) groups is 1. The summed E-state index contributed by atoms with van der Waals surface area (Å²) in [5.41, 5.74) is 10.0. The molecule has 0 saturated carbocycles. The molecule has 0 radical (unpaired) electrons. The van der Waals surface area contributed by atoms with Crippen molar-refractivity contribution in [3.63, 3.8) is 0 Å². The van der Waals surface area contributed by atoms with Gasteiger partial charge in [0, 0.05) is 5.69 Å². The van der Waals surface area contributed by atoms with Gasteiger partial charge in [0.2, 0.25) is 5.91 Å². The first-order chi connectivity index (χ1) is 6.50. The minimum absolute atomic E-state index is 0.00317. The number of halogens is 2. The van der Waals surface area contributed by atoms with Gasteiger partial charge in [-0.2, -0.15) is 0 Å². The molecule has 1 amide bonds. The Morgan fingerprint density at radius 1 is 1.36 bits per heavy atom. The molecule has 14 heavy (non-hydrogen) atoms. The average Bonchev–Trinajstić information content (AvgIpc) is 2.01. The molecule has 0 saturated heterocycles. The Kier molecular flexibility index (Phi) is 3.29. The van der Waals surface area contributed by atoms with Crippen LogP contribution in [0.3, 0.4) is 0 Å². The van der Waals surface area contributed by atoms with E-state index in [-0.39, 0.29) is 16.3 Å². The van der Waals surface area contributed by atoms with Gasteiger partial charge in [-0.1, -0.05) is 0 Å². The molecule has 0 aromatic heterocycles.